The Morgan fingerprint density at radius 1 is 0.926 bits per heavy atom. The number of rotatable bonds is 6. The number of hydrogen-bond donors (Lipinski definition) is 1. The molecule has 0 unspecified atom stereocenters. The summed E-state index contributed by atoms with van der Waals surface area (Å²) in [5, 5.41) is 11.7. The van der Waals surface area contributed by atoms with Gasteiger partial charge < -0.3 is 9.84 Å². The first kappa shape index (κ1) is 18.5. The number of hydrogen-bond acceptors (Lipinski definition) is 3. The number of carboxylic acid groups (broad SMARTS) is 1. The SMILES string of the molecule is CN(C(=O)OCc1ccccc1)[C@@H](Cc1ccc2ccccc2c1)C(=O)O. The minimum atomic E-state index is -1.07. The van der Waals surface area contributed by atoms with Gasteiger partial charge in [-0.15, -0.1) is 0 Å². The Morgan fingerprint density at radius 2 is 1.59 bits per heavy atom. The molecule has 0 radical (unpaired) electrons. The highest BCUT2D eigenvalue weighted by Crippen LogP contribution is 2.18. The molecule has 0 aliphatic rings. The van der Waals surface area contributed by atoms with Gasteiger partial charge in [-0.05, 0) is 21.9 Å². The molecule has 0 aliphatic carbocycles. The van der Waals surface area contributed by atoms with E-state index < -0.39 is 18.1 Å². The van der Waals surface area contributed by atoms with Crippen LogP contribution in [-0.4, -0.2) is 35.2 Å². The zero-order chi connectivity index (χ0) is 19.2. The van der Waals surface area contributed by atoms with Crippen LogP contribution in [0.1, 0.15) is 11.1 Å². The third-order valence-corrected chi connectivity index (χ3v) is 4.49. The van der Waals surface area contributed by atoms with E-state index >= 15 is 0 Å². The second kappa shape index (κ2) is 8.36. The molecule has 1 amide bonds. The van der Waals surface area contributed by atoms with Crippen molar-refractivity contribution in [3.05, 3.63) is 83.9 Å². The van der Waals surface area contributed by atoms with Gasteiger partial charge in [0, 0.05) is 13.5 Å². The minimum Gasteiger partial charge on any atom is -0.480 e. The molecule has 1 N–H and O–H groups in total. The summed E-state index contributed by atoms with van der Waals surface area (Å²) in [6.07, 6.45) is -0.455. The molecule has 138 valence electrons. The Hall–Kier alpha value is -3.34. The fourth-order valence-electron chi connectivity index (χ4n) is 2.93. The molecule has 5 nitrogen and oxygen atoms in total. The van der Waals surface area contributed by atoms with Crippen molar-refractivity contribution in [2.24, 2.45) is 0 Å². The van der Waals surface area contributed by atoms with E-state index in [-0.39, 0.29) is 13.0 Å². The van der Waals surface area contributed by atoms with Gasteiger partial charge in [0.1, 0.15) is 12.6 Å². The lowest BCUT2D eigenvalue weighted by Crippen LogP contribution is -2.44. The number of ether oxygens (including phenoxy) is 1. The van der Waals surface area contributed by atoms with E-state index in [2.05, 4.69) is 0 Å². The van der Waals surface area contributed by atoms with Gasteiger partial charge in [-0.1, -0.05) is 72.8 Å². The topological polar surface area (TPSA) is 66.8 Å². The molecule has 27 heavy (non-hydrogen) atoms. The largest absolute Gasteiger partial charge is 0.480 e. The second-order valence-electron chi connectivity index (χ2n) is 6.39. The Kier molecular flexibility index (Phi) is 5.71. The Morgan fingerprint density at radius 3 is 2.30 bits per heavy atom. The summed E-state index contributed by atoms with van der Waals surface area (Å²) in [4.78, 5) is 25.2. The standard InChI is InChI=1S/C22H21NO4/c1-23(22(26)27-15-16-7-3-2-4-8-16)20(21(24)25)14-17-11-12-18-9-5-6-10-19(18)13-17/h2-13,20H,14-15H2,1H3,(H,24,25)/t20-/m0/s1. The number of amides is 1. The van der Waals surface area contributed by atoms with Gasteiger partial charge in [0.25, 0.3) is 0 Å². The molecule has 5 heteroatoms. The number of likely N-dealkylation sites (N-methyl/N-ethyl adjacent to an activating group) is 1. The summed E-state index contributed by atoms with van der Waals surface area (Å²) >= 11 is 0. The van der Waals surface area contributed by atoms with Crippen molar-refractivity contribution in [3.8, 4) is 0 Å². The summed E-state index contributed by atoms with van der Waals surface area (Å²) in [5.74, 6) is -1.07. The molecule has 0 saturated carbocycles. The highest BCUT2D eigenvalue weighted by atomic mass is 16.6. The summed E-state index contributed by atoms with van der Waals surface area (Å²) < 4.78 is 5.25. The van der Waals surface area contributed by atoms with Crippen molar-refractivity contribution in [2.45, 2.75) is 19.1 Å². The first-order valence-electron chi connectivity index (χ1n) is 8.68. The molecule has 1 atom stereocenters. The van der Waals surface area contributed by atoms with Crippen LogP contribution in [0.4, 0.5) is 4.79 Å². The van der Waals surface area contributed by atoms with Crippen molar-refractivity contribution >= 4 is 22.8 Å². The highest BCUT2D eigenvalue weighted by Gasteiger charge is 2.28. The molecular formula is C22H21NO4. The Balaban J connectivity index is 1.69. The predicted octanol–water partition coefficient (Wildman–Crippen LogP) is 4.10. The van der Waals surface area contributed by atoms with Crippen molar-refractivity contribution in [1.29, 1.82) is 0 Å². The van der Waals surface area contributed by atoms with E-state index in [0.29, 0.717) is 0 Å². The van der Waals surface area contributed by atoms with Gasteiger partial charge in [0.2, 0.25) is 0 Å². The third kappa shape index (κ3) is 4.64. The first-order chi connectivity index (χ1) is 13.0. The van der Waals surface area contributed by atoms with Crippen LogP contribution in [0.3, 0.4) is 0 Å². The van der Waals surface area contributed by atoms with E-state index in [1.54, 1.807) is 0 Å². The Labute approximate surface area is 157 Å². The van der Waals surface area contributed by atoms with Gasteiger partial charge >= 0.3 is 12.1 Å². The number of aliphatic carboxylic acids is 1. The maximum absolute atomic E-state index is 12.3. The molecule has 0 saturated heterocycles. The second-order valence-corrected chi connectivity index (χ2v) is 6.39. The Bertz CT molecular complexity index is 939. The van der Waals surface area contributed by atoms with E-state index in [1.165, 1.54) is 7.05 Å². The summed E-state index contributed by atoms with van der Waals surface area (Å²) in [6, 6.07) is 21.9. The van der Waals surface area contributed by atoms with E-state index in [0.717, 1.165) is 26.8 Å². The fourth-order valence-corrected chi connectivity index (χ4v) is 2.93. The average Bonchev–Trinajstić information content (AvgIpc) is 2.70. The molecule has 0 spiro atoms. The van der Waals surface area contributed by atoms with E-state index in [1.807, 2.05) is 72.8 Å². The molecule has 3 aromatic carbocycles. The van der Waals surface area contributed by atoms with E-state index in [4.69, 9.17) is 4.74 Å². The van der Waals surface area contributed by atoms with Crippen LogP contribution >= 0.6 is 0 Å². The van der Waals surface area contributed by atoms with Crippen LogP contribution in [-0.2, 0) is 22.6 Å². The average molecular weight is 363 g/mol. The summed E-state index contributed by atoms with van der Waals surface area (Å²) in [5.41, 5.74) is 1.70. The lowest BCUT2D eigenvalue weighted by molar-refractivity contribution is -0.142. The first-order valence-corrected chi connectivity index (χ1v) is 8.68. The molecule has 0 fully saturated rings. The predicted molar refractivity (Wildman–Crippen MR) is 103 cm³/mol. The molecule has 0 aliphatic heterocycles. The van der Waals surface area contributed by atoms with Crippen molar-refractivity contribution in [1.82, 2.24) is 4.90 Å². The maximum Gasteiger partial charge on any atom is 0.410 e. The zero-order valence-corrected chi connectivity index (χ0v) is 15.0. The van der Waals surface area contributed by atoms with E-state index in [9.17, 15) is 14.7 Å². The molecule has 3 aromatic rings. The van der Waals surface area contributed by atoms with Gasteiger partial charge in [-0.25, -0.2) is 9.59 Å². The fraction of sp³-hybridized carbons (Fsp3) is 0.182. The quantitative estimate of drug-likeness (QED) is 0.716. The van der Waals surface area contributed by atoms with Gasteiger partial charge in [-0.2, -0.15) is 0 Å². The van der Waals surface area contributed by atoms with Crippen molar-refractivity contribution in [3.63, 3.8) is 0 Å². The lowest BCUT2D eigenvalue weighted by Gasteiger charge is -2.24. The third-order valence-electron chi connectivity index (χ3n) is 4.49. The van der Waals surface area contributed by atoms with Gasteiger partial charge in [0.15, 0.2) is 0 Å². The number of carboxylic acids is 1. The van der Waals surface area contributed by atoms with Crippen LogP contribution < -0.4 is 0 Å². The summed E-state index contributed by atoms with van der Waals surface area (Å²) in [6.45, 7) is 0.103. The molecule has 0 bridgehead atoms. The highest BCUT2D eigenvalue weighted by molar-refractivity contribution is 5.84. The van der Waals surface area contributed by atoms with Gasteiger partial charge in [0.05, 0.1) is 0 Å². The van der Waals surface area contributed by atoms with Crippen molar-refractivity contribution < 1.29 is 19.4 Å². The van der Waals surface area contributed by atoms with Gasteiger partial charge in [-0.3, -0.25) is 4.90 Å². The molecule has 0 heterocycles. The monoisotopic (exact) mass is 363 g/mol. The van der Waals surface area contributed by atoms with Crippen molar-refractivity contribution in [2.75, 3.05) is 7.05 Å². The van der Waals surface area contributed by atoms with Crippen LogP contribution in [0.5, 0.6) is 0 Å². The number of benzene rings is 3. The normalized spacial score (nSPS) is 11.7. The zero-order valence-electron chi connectivity index (χ0n) is 15.0. The summed E-state index contributed by atoms with van der Waals surface area (Å²) in [7, 11) is 1.45. The van der Waals surface area contributed by atoms with Crippen LogP contribution in [0.15, 0.2) is 72.8 Å². The molecule has 0 aromatic heterocycles. The minimum absolute atomic E-state index is 0.103. The number of carbonyl (C=O) groups is 2. The molecule has 3 rings (SSSR count). The number of carbonyl (C=O) groups excluding carboxylic acids is 1. The number of fused-ring (bicyclic) bond motifs is 1. The number of nitrogens with zero attached hydrogens (tertiary/aromatic N) is 1. The lowest BCUT2D eigenvalue weighted by atomic mass is 10.0. The van der Waals surface area contributed by atoms with Crippen LogP contribution in [0, 0.1) is 0 Å². The van der Waals surface area contributed by atoms with Crippen LogP contribution in [0.25, 0.3) is 10.8 Å². The smallest absolute Gasteiger partial charge is 0.410 e. The molecular weight excluding hydrogens is 342 g/mol. The van der Waals surface area contributed by atoms with Crippen LogP contribution in [0.2, 0.25) is 0 Å². The maximum atomic E-state index is 12.3.